The molecule has 1 saturated heterocycles. The summed E-state index contributed by atoms with van der Waals surface area (Å²) in [6.07, 6.45) is 3.38. The fourth-order valence-corrected chi connectivity index (χ4v) is 3.64. The van der Waals surface area contributed by atoms with Crippen molar-refractivity contribution in [1.82, 2.24) is 19.9 Å². The summed E-state index contributed by atoms with van der Waals surface area (Å²) in [4.78, 5) is 16.6. The Kier molecular flexibility index (Phi) is 3.75. The average Bonchev–Trinajstić information content (AvgIpc) is 2.99. The third-order valence-corrected chi connectivity index (χ3v) is 4.96. The van der Waals surface area contributed by atoms with Crippen LogP contribution in [-0.2, 0) is 0 Å². The highest BCUT2D eigenvalue weighted by molar-refractivity contribution is 6.35. The van der Waals surface area contributed by atoms with Crippen LogP contribution < -0.4 is 4.90 Å². The maximum absolute atomic E-state index is 9.16. The van der Waals surface area contributed by atoms with E-state index in [4.69, 9.17) is 16.9 Å². The van der Waals surface area contributed by atoms with Gasteiger partial charge in [-0.15, -0.1) is 0 Å². The Morgan fingerprint density at radius 2 is 2.04 bits per heavy atom. The molecule has 7 heteroatoms. The van der Waals surface area contributed by atoms with E-state index >= 15 is 0 Å². The second-order valence-electron chi connectivity index (χ2n) is 5.95. The van der Waals surface area contributed by atoms with Crippen LogP contribution in [-0.4, -0.2) is 52.6 Å². The number of H-pyrrole nitrogens is 1. The van der Waals surface area contributed by atoms with Gasteiger partial charge in [0.15, 0.2) is 0 Å². The third-order valence-electron chi connectivity index (χ3n) is 4.68. The maximum Gasteiger partial charge on any atom is 0.141 e. The Hall–Kier alpha value is -2.36. The summed E-state index contributed by atoms with van der Waals surface area (Å²) in [6, 6.07) is 3.91. The molecule has 3 aromatic heterocycles. The first-order valence-electron chi connectivity index (χ1n) is 8.04. The van der Waals surface area contributed by atoms with Crippen molar-refractivity contribution >= 4 is 39.2 Å². The van der Waals surface area contributed by atoms with E-state index in [0.29, 0.717) is 10.7 Å². The van der Waals surface area contributed by atoms with Gasteiger partial charge in [-0.3, -0.25) is 0 Å². The summed E-state index contributed by atoms with van der Waals surface area (Å²) in [7, 11) is 0. The van der Waals surface area contributed by atoms with Crippen LogP contribution in [0.3, 0.4) is 0 Å². The molecule has 0 radical (unpaired) electrons. The lowest BCUT2D eigenvalue weighted by atomic mass is 10.1. The molecule has 24 heavy (non-hydrogen) atoms. The van der Waals surface area contributed by atoms with Crippen molar-refractivity contribution in [1.29, 1.82) is 5.26 Å². The maximum atomic E-state index is 9.16. The smallest absolute Gasteiger partial charge is 0.141 e. The van der Waals surface area contributed by atoms with E-state index in [2.05, 4.69) is 37.7 Å². The van der Waals surface area contributed by atoms with Crippen LogP contribution in [0, 0.1) is 11.3 Å². The first-order valence-corrected chi connectivity index (χ1v) is 8.42. The molecule has 1 aliphatic rings. The Morgan fingerprint density at radius 1 is 1.25 bits per heavy atom. The van der Waals surface area contributed by atoms with Crippen molar-refractivity contribution in [3.05, 3.63) is 29.2 Å². The van der Waals surface area contributed by atoms with Gasteiger partial charge in [-0.1, -0.05) is 18.5 Å². The number of piperazine rings is 1. The topological polar surface area (TPSA) is 71.8 Å². The second kappa shape index (κ2) is 5.93. The highest BCUT2D eigenvalue weighted by atomic mass is 35.5. The van der Waals surface area contributed by atoms with Gasteiger partial charge in [-0.25, -0.2) is 9.97 Å². The summed E-state index contributed by atoms with van der Waals surface area (Å²) in [5, 5.41) is 11.7. The monoisotopic (exact) mass is 340 g/mol. The van der Waals surface area contributed by atoms with E-state index in [0.717, 1.165) is 60.3 Å². The molecular formula is C17H17ClN6. The van der Waals surface area contributed by atoms with E-state index in [1.54, 1.807) is 18.5 Å². The number of aromatic amines is 1. The number of hydrogen-bond donors (Lipinski definition) is 1. The first kappa shape index (κ1) is 15.2. The number of pyridine rings is 2. The SMILES string of the molecule is CCN1CCN(c2c(Cl)cnc3[nH]c4cnc(C#N)cc4c23)CC1. The lowest BCUT2D eigenvalue weighted by Crippen LogP contribution is -2.46. The van der Waals surface area contributed by atoms with Crippen LogP contribution in [0.4, 0.5) is 5.69 Å². The van der Waals surface area contributed by atoms with Gasteiger partial charge in [0.25, 0.3) is 0 Å². The van der Waals surface area contributed by atoms with E-state index < -0.39 is 0 Å². The van der Waals surface area contributed by atoms with Crippen molar-refractivity contribution in [3.63, 3.8) is 0 Å². The third kappa shape index (κ3) is 2.37. The molecule has 1 fully saturated rings. The summed E-state index contributed by atoms with van der Waals surface area (Å²) < 4.78 is 0. The molecule has 3 aromatic rings. The van der Waals surface area contributed by atoms with Crippen LogP contribution in [0.15, 0.2) is 18.5 Å². The molecule has 0 unspecified atom stereocenters. The second-order valence-corrected chi connectivity index (χ2v) is 6.36. The number of fused-ring (bicyclic) bond motifs is 3. The van der Waals surface area contributed by atoms with Crippen molar-refractivity contribution < 1.29 is 0 Å². The van der Waals surface area contributed by atoms with Gasteiger partial charge in [0.05, 0.1) is 34.0 Å². The Morgan fingerprint density at radius 3 is 2.75 bits per heavy atom. The summed E-state index contributed by atoms with van der Waals surface area (Å²) in [6.45, 7) is 7.14. The molecule has 0 spiro atoms. The Bertz CT molecular complexity index is 949. The molecule has 0 bridgehead atoms. The number of hydrogen-bond acceptors (Lipinski definition) is 5. The van der Waals surface area contributed by atoms with Crippen molar-refractivity contribution in [3.8, 4) is 6.07 Å². The van der Waals surface area contributed by atoms with Crippen molar-refractivity contribution in [2.45, 2.75) is 6.92 Å². The van der Waals surface area contributed by atoms with Crippen LogP contribution in [0.2, 0.25) is 5.02 Å². The van der Waals surface area contributed by atoms with Crippen LogP contribution >= 0.6 is 11.6 Å². The molecular weight excluding hydrogens is 324 g/mol. The molecule has 0 aromatic carbocycles. The molecule has 122 valence electrons. The average molecular weight is 341 g/mol. The number of anilines is 1. The molecule has 0 atom stereocenters. The molecule has 1 N–H and O–H groups in total. The zero-order chi connectivity index (χ0) is 16.7. The molecule has 0 aliphatic carbocycles. The van der Waals surface area contributed by atoms with Gasteiger partial charge in [0.1, 0.15) is 17.4 Å². The van der Waals surface area contributed by atoms with Gasteiger partial charge in [-0.2, -0.15) is 5.26 Å². The van der Waals surface area contributed by atoms with E-state index in [9.17, 15) is 0 Å². The van der Waals surface area contributed by atoms with Gasteiger partial charge >= 0.3 is 0 Å². The fraction of sp³-hybridized carbons (Fsp3) is 0.353. The highest BCUT2D eigenvalue weighted by Gasteiger charge is 2.22. The van der Waals surface area contributed by atoms with Crippen LogP contribution in [0.5, 0.6) is 0 Å². The van der Waals surface area contributed by atoms with E-state index in [1.807, 2.05) is 0 Å². The zero-order valence-corrected chi connectivity index (χ0v) is 14.1. The van der Waals surface area contributed by atoms with Crippen molar-refractivity contribution in [2.24, 2.45) is 0 Å². The quantitative estimate of drug-likeness (QED) is 0.776. The standard InChI is InChI=1S/C17H17ClN6/c1-2-23-3-5-24(6-4-23)16-13(18)9-21-17-15(16)12-7-11(8-19)20-10-14(12)22-17/h7,9-10H,2-6H2,1H3,(H,21,22). The minimum atomic E-state index is 0.394. The summed E-state index contributed by atoms with van der Waals surface area (Å²) >= 11 is 6.53. The fourth-order valence-electron chi connectivity index (χ4n) is 3.38. The molecule has 0 amide bonds. The molecule has 4 rings (SSSR count). The van der Waals surface area contributed by atoms with Crippen LogP contribution in [0.25, 0.3) is 21.9 Å². The van der Waals surface area contributed by atoms with Gasteiger partial charge < -0.3 is 14.8 Å². The lowest BCUT2D eigenvalue weighted by Gasteiger charge is -2.36. The summed E-state index contributed by atoms with van der Waals surface area (Å²) in [5.74, 6) is 0. The number of halogens is 1. The van der Waals surface area contributed by atoms with E-state index in [-0.39, 0.29) is 0 Å². The normalized spacial score (nSPS) is 16.0. The molecule has 6 nitrogen and oxygen atoms in total. The number of rotatable bonds is 2. The number of nitrogens with zero attached hydrogens (tertiary/aromatic N) is 5. The minimum Gasteiger partial charge on any atom is -0.367 e. The largest absolute Gasteiger partial charge is 0.367 e. The van der Waals surface area contributed by atoms with Gasteiger partial charge in [-0.05, 0) is 12.6 Å². The Labute approximate surface area is 144 Å². The van der Waals surface area contributed by atoms with Gasteiger partial charge in [0.2, 0.25) is 0 Å². The number of likely N-dealkylation sites (N-methyl/N-ethyl adjacent to an activating group) is 1. The Balaban J connectivity index is 1.90. The molecule has 4 heterocycles. The van der Waals surface area contributed by atoms with Crippen molar-refractivity contribution in [2.75, 3.05) is 37.6 Å². The first-order chi connectivity index (χ1) is 11.7. The number of nitriles is 1. The summed E-state index contributed by atoms with van der Waals surface area (Å²) in [5.41, 5.74) is 3.04. The molecule has 1 aliphatic heterocycles. The number of aromatic nitrogens is 3. The highest BCUT2D eigenvalue weighted by Crippen LogP contribution is 2.38. The number of nitrogens with one attached hydrogen (secondary N) is 1. The predicted octanol–water partition coefficient (Wildman–Crippen LogP) is 2.78. The van der Waals surface area contributed by atoms with Gasteiger partial charge in [0, 0.05) is 31.6 Å². The lowest BCUT2D eigenvalue weighted by molar-refractivity contribution is 0.271. The van der Waals surface area contributed by atoms with Crippen LogP contribution in [0.1, 0.15) is 12.6 Å². The predicted molar refractivity (Wildman–Crippen MR) is 95.4 cm³/mol. The minimum absolute atomic E-state index is 0.394. The molecule has 0 saturated carbocycles. The van der Waals surface area contributed by atoms with E-state index in [1.165, 1.54) is 0 Å². The zero-order valence-electron chi connectivity index (χ0n) is 13.4.